The van der Waals surface area contributed by atoms with E-state index in [1.54, 1.807) is 4.90 Å². The van der Waals surface area contributed by atoms with Crippen molar-refractivity contribution in [3.63, 3.8) is 0 Å². The molecule has 4 rings (SSSR count). The van der Waals surface area contributed by atoms with Gasteiger partial charge in [-0.1, -0.05) is 25.1 Å². The third-order valence-corrected chi connectivity index (χ3v) is 6.44. The molecule has 0 bridgehead atoms. The molecule has 2 aromatic carbocycles. The molecule has 0 N–H and O–H groups in total. The Morgan fingerprint density at radius 2 is 1.62 bits per heavy atom. The average molecular weight is 434 g/mol. The molecule has 0 spiro atoms. The highest BCUT2D eigenvalue weighted by Gasteiger charge is 2.30. The molecule has 0 unspecified atom stereocenters. The van der Waals surface area contributed by atoms with Crippen LogP contribution in [0.1, 0.15) is 59.7 Å². The smallest absolute Gasteiger partial charge is 0.254 e. The van der Waals surface area contributed by atoms with Crippen LogP contribution in [0.25, 0.3) is 0 Å². The van der Waals surface area contributed by atoms with Crippen LogP contribution >= 0.6 is 0 Å². The van der Waals surface area contributed by atoms with Crippen LogP contribution in [0.3, 0.4) is 0 Å². The zero-order chi connectivity index (χ0) is 22.5. The van der Waals surface area contributed by atoms with E-state index in [9.17, 15) is 14.4 Å². The second-order valence-electron chi connectivity index (χ2n) is 8.58. The van der Waals surface area contributed by atoms with E-state index < -0.39 is 0 Å². The summed E-state index contributed by atoms with van der Waals surface area (Å²) < 4.78 is 0. The second-order valence-corrected chi connectivity index (χ2v) is 8.58. The zero-order valence-electron chi connectivity index (χ0n) is 18.7. The summed E-state index contributed by atoms with van der Waals surface area (Å²) in [5.41, 5.74) is 2.22. The molecule has 2 aliphatic heterocycles. The summed E-state index contributed by atoms with van der Waals surface area (Å²) in [7, 11) is 0. The predicted octanol–water partition coefficient (Wildman–Crippen LogP) is 3.97. The van der Waals surface area contributed by atoms with Crippen molar-refractivity contribution >= 4 is 23.4 Å². The number of anilines is 1. The number of likely N-dealkylation sites (tertiary alicyclic amines) is 1. The molecule has 0 saturated carbocycles. The number of rotatable bonds is 6. The maximum atomic E-state index is 13.3. The van der Waals surface area contributed by atoms with Crippen LogP contribution in [-0.4, -0.2) is 59.7 Å². The van der Waals surface area contributed by atoms with E-state index in [-0.39, 0.29) is 23.8 Å². The Hall–Kier alpha value is -3.15. The Morgan fingerprint density at radius 1 is 0.938 bits per heavy atom. The monoisotopic (exact) mass is 433 g/mol. The minimum Gasteiger partial charge on any atom is -0.338 e. The Labute approximate surface area is 189 Å². The predicted molar refractivity (Wildman–Crippen MR) is 125 cm³/mol. The molecular weight excluding hydrogens is 402 g/mol. The lowest BCUT2D eigenvalue weighted by molar-refractivity contribution is -0.117. The van der Waals surface area contributed by atoms with Gasteiger partial charge in [0.15, 0.2) is 0 Å². The fraction of sp³-hybridized carbons (Fsp3) is 0.423. The zero-order valence-corrected chi connectivity index (χ0v) is 18.7. The van der Waals surface area contributed by atoms with Crippen LogP contribution in [0, 0.1) is 0 Å². The van der Waals surface area contributed by atoms with Crippen molar-refractivity contribution in [2.45, 2.75) is 45.1 Å². The third kappa shape index (κ3) is 4.69. The maximum Gasteiger partial charge on any atom is 0.254 e. The van der Waals surface area contributed by atoms with Crippen LogP contribution < -0.4 is 4.90 Å². The molecule has 2 saturated heterocycles. The number of amides is 3. The number of hydrogen-bond acceptors (Lipinski definition) is 3. The standard InChI is InChI=1S/C26H31N3O3/c1-2-16-29(23-14-18-27(19-15-23)25(31)20-7-4-3-5-8-20)26(32)21-10-12-22(13-11-21)28-17-6-9-24(28)30/h3-5,7-8,10-13,23H,2,6,9,14-19H2,1H3. The first-order valence-electron chi connectivity index (χ1n) is 11.6. The molecule has 2 fully saturated rings. The van der Waals surface area contributed by atoms with Crippen molar-refractivity contribution in [2.24, 2.45) is 0 Å². The molecule has 2 heterocycles. The molecule has 168 valence electrons. The first-order chi connectivity index (χ1) is 15.6. The van der Waals surface area contributed by atoms with Crippen molar-refractivity contribution in [3.05, 3.63) is 65.7 Å². The highest BCUT2D eigenvalue weighted by atomic mass is 16.2. The van der Waals surface area contributed by atoms with Gasteiger partial charge < -0.3 is 14.7 Å². The van der Waals surface area contributed by atoms with E-state index in [4.69, 9.17) is 0 Å². The van der Waals surface area contributed by atoms with E-state index in [0.29, 0.717) is 37.2 Å². The Morgan fingerprint density at radius 3 is 2.22 bits per heavy atom. The lowest BCUT2D eigenvalue weighted by Crippen LogP contribution is -2.49. The number of carbonyl (C=O) groups excluding carboxylic acids is 3. The van der Waals surface area contributed by atoms with Gasteiger partial charge in [0.1, 0.15) is 0 Å². The van der Waals surface area contributed by atoms with Gasteiger partial charge in [0.2, 0.25) is 5.91 Å². The van der Waals surface area contributed by atoms with Crippen LogP contribution in [0.4, 0.5) is 5.69 Å². The van der Waals surface area contributed by atoms with Crippen LogP contribution in [-0.2, 0) is 4.79 Å². The number of nitrogens with zero attached hydrogens (tertiary/aromatic N) is 3. The minimum absolute atomic E-state index is 0.0268. The largest absolute Gasteiger partial charge is 0.338 e. The van der Waals surface area contributed by atoms with Crippen LogP contribution in [0.15, 0.2) is 54.6 Å². The van der Waals surface area contributed by atoms with E-state index in [2.05, 4.69) is 6.92 Å². The lowest BCUT2D eigenvalue weighted by Gasteiger charge is -2.38. The van der Waals surface area contributed by atoms with Gasteiger partial charge in [-0.05, 0) is 62.1 Å². The van der Waals surface area contributed by atoms with Gasteiger partial charge in [-0.15, -0.1) is 0 Å². The molecule has 0 atom stereocenters. The van der Waals surface area contributed by atoms with E-state index in [0.717, 1.165) is 37.9 Å². The van der Waals surface area contributed by atoms with Gasteiger partial charge in [0, 0.05) is 55.5 Å². The normalized spacial score (nSPS) is 17.0. The number of piperidine rings is 1. The molecule has 0 aliphatic carbocycles. The summed E-state index contributed by atoms with van der Waals surface area (Å²) in [4.78, 5) is 43.7. The maximum absolute atomic E-state index is 13.3. The summed E-state index contributed by atoms with van der Waals surface area (Å²) in [6, 6.07) is 16.9. The number of hydrogen-bond donors (Lipinski definition) is 0. The van der Waals surface area contributed by atoms with Gasteiger partial charge in [-0.3, -0.25) is 14.4 Å². The quantitative estimate of drug-likeness (QED) is 0.693. The lowest BCUT2D eigenvalue weighted by atomic mass is 10.0. The fourth-order valence-corrected chi connectivity index (χ4v) is 4.71. The third-order valence-electron chi connectivity index (χ3n) is 6.44. The van der Waals surface area contributed by atoms with Crippen LogP contribution in [0.2, 0.25) is 0 Å². The number of benzene rings is 2. The minimum atomic E-state index is 0.0268. The first kappa shape index (κ1) is 22.1. The fourth-order valence-electron chi connectivity index (χ4n) is 4.71. The van der Waals surface area contributed by atoms with Gasteiger partial charge in [0.05, 0.1) is 0 Å². The van der Waals surface area contributed by atoms with Crippen LogP contribution in [0.5, 0.6) is 0 Å². The van der Waals surface area contributed by atoms with Gasteiger partial charge >= 0.3 is 0 Å². The summed E-state index contributed by atoms with van der Waals surface area (Å²) >= 11 is 0. The Balaban J connectivity index is 1.40. The highest BCUT2D eigenvalue weighted by molar-refractivity contribution is 5.98. The van der Waals surface area contributed by atoms with E-state index in [1.807, 2.05) is 64.4 Å². The molecule has 6 nitrogen and oxygen atoms in total. The van der Waals surface area contributed by atoms with E-state index in [1.165, 1.54) is 0 Å². The van der Waals surface area contributed by atoms with Crippen molar-refractivity contribution in [2.75, 3.05) is 31.1 Å². The van der Waals surface area contributed by atoms with Gasteiger partial charge in [-0.2, -0.15) is 0 Å². The average Bonchev–Trinajstić information content (AvgIpc) is 3.28. The van der Waals surface area contributed by atoms with Gasteiger partial charge in [0.25, 0.3) is 11.8 Å². The molecule has 2 aromatic rings. The molecule has 0 radical (unpaired) electrons. The molecule has 32 heavy (non-hydrogen) atoms. The van der Waals surface area contributed by atoms with Crippen molar-refractivity contribution in [3.8, 4) is 0 Å². The van der Waals surface area contributed by atoms with E-state index >= 15 is 0 Å². The topological polar surface area (TPSA) is 60.9 Å². The molecule has 2 aliphatic rings. The molecule has 6 heteroatoms. The molecular formula is C26H31N3O3. The summed E-state index contributed by atoms with van der Waals surface area (Å²) in [6.07, 6.45) is 3.93. The Kier molecular flexibility index (Phi) is 6.88. The molecule has 0 aromatic heterocycles. The second kappa shape index (κ2) is 9.98. The van der Waals surface area contributed by atoms with Crippen molar-refractivity contribution < 1.29 is 14.4 Å². The first-order valence-corrected chi connectivity index (χ1v) is 11.6. The summed E-state index contributed by atoms with van der Waals surface area (Å²) in [6.45, 7) is 4.83. The summed E-state index contributed by atoms with van der Waals surface area (Å²) in [5.74, 6) is 0.233. The molecule has 3 amide bonds. The SMILES string of the molecule is CCCN(C(=O)c1ccc(N2CCCC2=O)cc1)C1CCN(C(=O)c2ccccc2)CC1. The van der Waals surface area contributed by atoms with Gasteiger partial charge in [-0.25, -0.2) is 0 Å². The highest BCUT2D eigenvalue weighted by Crippen LogP contribution is 2.24. The number of carbonyl (C=O) groups is 3. The van der Waals surface area contributed by atoms with Crippen molar-refractivity contribution in [1.29, 1.82) is 0 Å². The Bertz CT molecular complexity index is 950. The van der Waals surface area contributed by atoms with Crippen molar-refractivity contribution in [1.82, 2.24) is 9.80 Å². The summed E-state index contributed by atoms with van der Waals surface area (Å²) in [5, 5.41) is 0.